The average molecular weight is 304 g/mol. The number of hydrogen-bond acceptors (Lipinski definition) is 3. The van der Waals surface area contributed by atoms with Crippen LogP contribution in [0.1, 0.15) is 38.2 Å². The molecule has 1 unspecified atom stereocenters. The molecule has 1 amide bonds. The van der Waals surface area contributed by atoms with Gasteiger partial charge in [0.2, 0.25) is 5.91 Å². The van der Waals surface area contributed by atoms with Crippen LogP contribution in [0.15, 0.2) is 29.2 Å². The second-order valence-corrected chi connectivity index (χ2v) is 7.36. The lowest BCUT2D eigenvalue weighted by Crippen LogP contribution is -2.47. The number of carbonyl (C=O) groups excluding carboxylic acids is 1. The average Bonchev–Trinajstić information content (AvgIpc) is 2.93. The number of benzene rings is 1. The van der Waals surface area contributed by atoms with Crippen molar-refractivity contribution in [2.45, 2.75) is 61.3 Å². The molecule has 21 heavy (non-hydrogen) atoms. The molecule has 0 spiro atoms. The van der Waals surface area contributed by atoms with Gasteiger partial charge in [0.15, 0.2) is 0 Å². The number of fused-ring (bicyclic) bond motifs is 1. The van der Waals surface area contributed by atoms with Gasteiger partial charge in [-0.1, -0.05) is 18.2 Å². The second kappa shape index (κ2) is 6.41. The molecule has 114 valence electrons. The van der Waals surface area contributed by atoms with E-state index >= 15 is 0 Å². The number of carbonyl (C=O) groups is 1. The fourth-order valence-corrected chi connectivity index (χ4v) is 4.78. The summed E-state index contributed by atoms with van der Waals surface area (Å²) in [5.74, 6) is 0.319. The first-order valence-electron chi connectivity index (χ1n) is 7.99. The predicted molar refractivity (Wildman–Crippen MR) is 87.4 cm³/mol. The third kappa shape index (κ3) is 3.11. The van der Waals surface area contributed by atoms with E-state index in [4.69, 9.17) is 5.73 Å². The summed E-state index contributed by atoms with van der Waals surface area (Å²) in [6, 6.07) is 9.12. The zero-order valence-electron chi connectivity index (χ0n) is 12.6. The summed E-state index contributed by atoms with van der Waals surface area (Å²) in [6.07, 6.45) is 5.09. The lowest BCUT2D eigenvalue weighted by atomic mass is 9.90. The van der Waals surface area contributed by atoms with Gasteiger partial charge in [0, 0.05) is 23.5 Å². The summed E-state index contributed by atoms with van der Waals surface area (Å²) in [5.41, 5.74) is 7.31. The van der Waals surface area contributed by atoms with E-state index in [0.717, 1.165) is 38.6 Å². The molecular weight excluding hydrogens is 280 g/mol. The third-order valence-electron chi connectivity index (χ3n) is 4.73. The van der Waals surface area contributed by atoms with Gasteiger partial charge in [0.1, 0.15) is 0 Å². The normalized spacial score (nSPS) is 28.2. The Labute approximate surface area is 131 Å². The molecule has 0 radical (unpaired) electrons. The Morgan fingerprint density at radius 2 is 2.00 bits per heavy atom. The van der Waals surface area contributed by atoms with Crippen molar-refractivity contribution in [2.75, 3.05) is 6.54 Å². The van der Waals surface area contributed by atoms with Crippen molar-refractivity contribution in [3.8, 4) is 0 Å². The van der Waals surface area contributed by atoms with E-state index < -0.39 is 0 Å². The molecule has 1 aliphatic carbocycles. The summed E-state index contributed by atoms with van der Waals surface area (Å²) < 4.78 is 0. The van der Waals surface area contributed by atoms with Crippen molar-refractivity contribution in [3.63, 3.8) is 0 Å². The maximum atomic E-state index is 12.9. The lowest BCUT2D eigenvalue weighted by molar-refractivity contribution is -0.133. The Bertz CT molecular complexity index is 486. The number of hydrogen-bond donors (Lipinski definition) is 1. The summed E-state index contributed by atoms with van der Waals surface area (Å²) in [5, 5.41) is 0.0675. The number of amides is 1. The molecule has 4 heteroatoms. The molecule has 1 saturated carbocycles. The molecule has 3 nitrogen and oxygen atoms in total. The number of nitrogens with zero attached hydrogens (tertiary/aromatic N) is 1. The first-order chi connectivity index (χ1) is 10.2. The standard InChI is InChI=1S/C17H24N2OS/c1-2-19(14-9-7-13(18)8-10-14)17(20)16-11-12-5-3-4-6-15(12)21-16/h3-6,13-14,16H,2,7-11,18H2,1H3. The van der Waals surface area contributed by atoms with E-state index in [1.54, 1.807) is 11.8 Å². The van der Waals surface area contributed by atoms with Gasteiger partial charge in [-0.25, -0.2) is 0 Å². The minimum absolute atomic E-state index is 0.0675. The van der Waals surface area contributed by atoms with E-state index in [-0.39, 0.29) is 5.25 Å². The first kappa shape index (κ1) is 14.9. The fraction of sp³-hybridized carbons (Fsp3) is 0.588. The minimum Gasteiger partial charge on any atom is -0.339 e. The van der Waals surface area contributed by atoms with Crippen LogP contribution in [0.2, 0.25) is 0 Å². The van der Waals surface area contributed by atoms with Crippen molar-refractivity contribution in [1.82, 2.24) is 4.90 Å². The van der Waals surface area contributed by atoms with Crippen LogP contribution < -0.4 is 5.73 Å². The zero-order chi connectivity index (χ0) is 14.8. The van der Waals surface area contributed by atoms with E-state index in [2.05, 4.69) is 36.1 Å². The summed E-state index contributed by atoms with van der Waals surface area (Å²) in [6.45, 7) is 2.91. The Balaban J connectivity index is 1.67. The molecule has 1 fully saturated rings. The lowest BCUT2D eigenvalue weighted by Gasteiger charge is -2.36. The van der Waals surface area contributed by atoms with Crippen LogP contribution in [0.25, 0.3) is 0 Å². The minimum atomic E-state index is 0.0675. The van der Waals surface area contributed by atoms with Gasteiger partial charge in [-0.2, -0.15) is 0 Å². The highest BCUT2D eigenvalue weighted by molar-refractivity contribution is 8.01. The van der Waals surface area contributed by atoms with Crippen molar-refractivity contribution in [3.05, 3.63) is 29.8 Å². The van der Waals surface area contributed by atoms with Crippen LogP contribution in [0.3, 0.4) is 0 Å². The summed E-state index contributed by atoms with van der Waals surface area (Å²) in [4.78, 5) is 16.3. The van der Waals surface area contributed by atoms with Crippen molar-refractivity contribution in [1.29, 1.82) is 0 Å². The van der Waals surface area contributed by atoms with Gasteiger partial charge in [0.05, 0.1) is 5.25 Å². The predicted octanol–water partition coefficient (Wildman–Crippen LogP) is 2.82. The molecule has 2 N–H and O–H groups in total. The van der Waals surface area contributed by atoms with Crippen LogP contribution in [-0.4, -0.2) is 34.7 Å². The number of thioether (sulfide) groups is 1. The quantitative estimate of drug-likeness (QED) is 0.934. The highest BCUT2D eigenvalue weighted by atomic mass is 32.2. The largest absolute Gasteiger partial charge is 0.339 e. The molecule has 2 aliphatic rings. The molecule has 1 aliphatic heterocycles. The van der Waals surface area contributed by atoms with E-state index in [0.29, 0.717) is 18.0 Å². The van der Waals surface area contributed by atoms with Crippen LogP contribution in [0, 0.1) is 0 Å². The van der Waals surface area contributed by atoms with Gasteiger partial charge in [-0.15, -0.1) is 11.8 Å². The Hall–Kier alpha value is -1.00. The van der Waals surface area contributed by atoms with Gasteiger partial charge < -0.3 is 10.6 Å². The van der Waals surface area contributed by atoms with Crippen LogP contribution >= 0.6 is 11.8 Å². The highest BCUT2D eigenvalue weighted by Gasteiger charge is 2.34. The molecule has 1 aromatic carbocycles. The molecule has 3 rings (SSSR count). The molecule has 0 bridgehead atoms. The molecule has 1 aromatic rings. The maximum absolute atomic E-state index is 12.9. The van der Waals surface area contributed by atoms with Gasteiger partial charge in [0.25, 0.3) is 0 Å². The Morgan fingerprint density at radius 1 is 1.29 bits per heavy atom. The van der Waals surface area contributed by atoms with Crippen LogP contribution in [0.4, 0.5) is 0 Å². The fourth-order valence-electron chi connectivity index (χ4n) is 3.51. The summed E-state index contributed by atoms with van der Waals surface area (Å²) in [7, 11) is 0. The number of rotatable bonds is 3. The highest BCUT2D eigenvalue weighted by Crippen LogP contribution is 2.38. The molecule has 0 saturated heterocycles. The Kier molecular flexibility index (Phi) is 4.55. The molecular formula is C17H24N2OS. The van der Waals surface area contributed by atoms with Crippen LogP contribution in [-0.2, 0) is 11.2 Å². The second-order valence-electron chi connectivity index (χ2n) is 6.11. The van der Waals surface area contributed by atoms with Crippen LogP contribution in [0.5, 0.6) is 0 Å². The SMILES string of the molecule is CCN(C(=O)C1Cc2ccccc2S1)C1CCC(N)CC1. The smallest absolute Gasteiger partial charge is 0.236 e. The van der Waals surface area contributed by atoms with Crippen molar-refractivity contribution in [2.24, 2.45) is 5.73 Å². The Morgan fingerprint density at radius 3 is 2.67 bits per heavy atom. The maximum Gasteiger partial charge on any atom is 0.236 e. The molecule has 1 heterocycles. The van der Waals surface area contributed by atoms with Crippen molar-refractivity contribution >= 4 is 17.7 Å². The van der Waals surface area contributed by atoms with E-state index in [1.807, 2.05) is 0 Å². The van der Waals surface area contributed by atoms with Gasteiger partial charge >= 0.3 is 0 Å². The van der Waals surface area contributed by atoms with Crippen molar-refractivity contribution < 1.29 is 4.79 Å². The summed E-state index contributed by atoms with van der Waals surface area (Å²) >= 11 is 1.74. The topological polar surface area (TPSA) is 46.3 Å². The van der Waals surface area contributed by atoms with E-state index in [9.17, 15) is 4.79 Å². The first-order valence-corrected chi connectivity index (χ1v) is 8.87. The molecule has 1 atom stereocenters. The van der Waals surface area contributed by atoms with Gasteiger partial charge in [-0.3, -0.25) is 4.79 Å². The van der Waals surface area contributed by atoms with Gasteiger partial charge in [-0.05, 0) is 50.7 Å². The number of nitrogens with two attached hydrogens (primary N) is 1. The third-order valence-corrected chi connectivity index (χ3v) is 6.03. The monoisotopic (exact) mass is 304 g/mol. The molecule has 0 aromatic heterocycles. The van der Waals surface area contributed by atoms with E-state index in [1.165, 1.54) is 10.5 Å². The zero-order valence-corrected chi connectivity index (χ0v) is 13.4.